The minimum Gasteiger partial charge on any atom is -0.496 e. The molecule has 0 radical (unpaired) electrons. The molecule has 0 spiro atoms. The zero-order valence-electron chi connectivity index (χ0n) is 15.0. The van der Waals surface area contributed by atoms with Gasteiger partial charge in [-0.05, 0) is 18.6 Å². The second-order valence-electron chi connectivity index (χ2n) is 5.64. The minimum atomic E-state index is 0.215. The molecule has 0 aliphatic heterocycles. The average molecular weight is 365 g/mol. The van der Waals surface area contributed by atoms with E-state index in [1.807, 2.05) is 25.1 Å². The van der Waals surface area contributed by atoms with Crippen LogP contribution in [0, 0.1) is 11.3 Å². The Bertz CT molecular complexity index is 964. The lowest BCUT2D eigenvalue weighted by atomic mass is 10.1. The van der Waals surface area contributed by atoms with Crippen molar-refractivity contribution in [2.75, 3.05) is 24.8 Å². The molecular formula is C19H19N5O3. The van der Waals surface area contributed by atoms with Crippen LogP contribution in [0.4, 0.5) is 17.2 Å². The number of hydrogen-bond donors (Lipinski definition) is 2. The minimum absolute atomic E-state index is 0.215. The van der Waals surface area contributed by atoms with Crippen LogP contribution in [0.25, 0.3) is 11.3 Å². The van der Waals surface area contributed by atoms with Gasteiger partial charge in [-0.1, -0.05) is 6.92 Å². The summed E-state index contributed by atoms with van der Waals surface area (Å²) < 4.78 is 16.3. The van der Waals surface area contributed by atoms with Gasteiger partial charge >= 0.3 is 0 Å². The van der Waals surface area contributed by atoms with E-state index in [4.69, 9.17) is 19.6 Å². The highest BCUT2D eigenvalue weighted by molar-refractivity contribution is 5.73. The Morgan fingerprint density at radius 3 is 2.85 bits per heavy atom. The third-order valence-corrected chi connectivity index (χ3v) is 3.74. The van der Waals surface area contributed by atoms with Crippen LogP contribution >= 0.6 is 0 Å². The number of benzene rings is 1. The van der Waals surface area contributed by atoms with Gasteiger partial charge in [-0.3, -0.25) is 0 Å². The van der Waals surface area contributed by atoms with Gasteiger partial charge in [0.05, 0.1) is 31.2 Å². The molecule has 8 nitrogen and oxygen atoms in total. The number of nitrogens with two attached hydrogens (primary N) is 1. The number of pyridine rings is 1. The first-order valence-electron chi connectivity index (χ1n) is 8.33. The number of aromatic nitrogens is 2. The fourth-order valence-corrected chi connectivity index (χ4v) is 2.49. The molecule has 3 rings (SSSR count). The van der Waals surface area contributed by atoms with Crippen LogP contribution in [0.1, 0.15) is 18.9 Å². The third-order valence-electron chi connectivity index (χ3n) is 3.74. The summed E-state index contributed by atoms with van der Waals surface area (Å²) in [6.45, 7) is 2.42. The highest BCUT2D eigenvalue weighted by atomic mass is 16.5. The summed E-state index contributed by atoms with van der Waals surface area (Å²) >= 11 is 0. The van der Waals surface area contributed by atoms with Gasteiger partial charge in [0.1, 0.15) is 23.2 Å². The van der Waals surface area contributed by atoms with E-state index < -0.39 is 0 Å². The van der Waals surface area contributed by atoms with Crippen molar-refractivity contribution in [3.63, 3.8) is 0 Å². The van der Waals surface area contributed by atoms with Gasteiger partial charge in [0, 0.05) is 17.8 Å². The van der Waals surface area contributed by atoms with Crippen molar-refractivity contribution < 1.29 is 13.9 Å². The fraction of sp³-hybridized carbons (Fsp3) is 0.211. The predicted molar refractivity (Wildman–Crippen MR) is 101 cm³/mol. The maximum Gasteiger partial charge on any atom is 0.235 e. The summed E-state index contributed by atoms with van der Waals surface area (Å²) in [6.07, 6.45) is 3.78. The lowest BCUT2D eigenvalue weighted by Gasteiger charge is -2.13. The first kappa shape index (κ1) is 18.1. The van der Waals surface area contributed by atoms with Crippen LogP contribution in [-0.2, 0) is 0 Å². The zero-order chi connectivity index (χ0) is 19.2. The lowest BCUT2D eigenvalue weighted by Crippen LogP contribution is -2.05. The molecule has 0 amide bonds. The Morgan fingerprint density at radius 2 is 2.19 bits per heavy atom. The number of nitrogens with zero attached hydrogens (tertiary/aromatic N) is 3. The largest absolute Gasteiger partial charge is 0.496 e. The van der Waals surface area contributed by atoms with E-state index in [2.05, 4.69) is 15.3 Å². The second kappa shape index (κ2) is 8.10. The van der Waals surface area contributed by atoms with Crippen molar-refractivity contribution in [3.05, 3.63) is 42.4 Å². The molecule has 0 unspecified atom stereocenters. The highest BCUT2D eigenvalue weighted by Crippen LogP contribution is 2.34. The molecule has 0 aliphatic carbocycles. The van der Waals surface area contributed by atoms with Crippen LogP contribution in [0.2, 0.25) is 0 Å². The molecule has 0 aliphatic rings. The number of nitrogens with one attached hydrogen (secondary N) is 1. The molecule has 2 aromatic heterocycles. The summed E-state index contributed by atoms with van der Waals surface area (Å²) in [4.78, 5) is 8.28. The number of ether oxygens (including phenoxy) is 2. The first-order valence-corrected chi connectivity index (χ1v) is 8.33. The van der Waals surface area contributed by atoms with Crippen molar-refractivity contribution in [1.29, 1.82) is 5.26 Å². The van der Waals surface area contributed by atoms with E-state index in [1.54, 1.807) is 25.4 Å². The number of rotatable bonds is 7. The van der Waals surface area contributed by atoms with E-state index in [-0.39, 0.29) is 11.4 Å². The van der Waals surface area contributed by atoms with Gasteiger partial charge in [-0.15, -0.1) is 0 Å². The van der Waals surface area contributed by atoms with Gasteiger partial charge in [-0.2, -0.15) is 10.2 Å². The fourth-order valence-electron chi connectivity index (χ4n) is 2.49. The summed E-state index contributed by atoms with van der Waals surface area (Å²) in [7, 11) is 1.58. The average Bonchev–Trinajstić information content (AvgIpc) is 3.20. The molecule has 2 heterocycles. The van der Waals surface area contributed by atoms with Gasteiger partial charge in [0.2, 0.25) is 5.88 Å². The maximum absolute atomic E-state index is 9.27. The standard InChI is InChI=1S/C19H19N5O3/c1-3-6-26-19-14(9-20)15(21)8-18(24-19)23-12-4-5-13(16(7-12)25-2)17-10-22-11-27-17/h4-5,7-8,10-11H,3,6H2,1-2H3,(H3,21,23,24). The van der Waals surface area contributed by atoms with E-state index in [9.17, 15) is 5.26 Å². The number of anilines is 3. The monoisotopic (exact) mass is 365 g/mol. The van der Waals surface area contributed by atoms with E-state index in [0.717, 1.165) is 17.7 Å². The number of nitriles is 1. The topological polar surface area (TPSA) is 119 Å². The number of methoxy groups -OCH3 is 1. The highest BCUT2D eigenvalue weighted by Gasteiger charge is 2.14. The molecule has 138 valence electrons. The Morgan fingerprint density at radius 1 is 1.33 bits per heavy atom. The molecule has 0 saturated heterocycles. The third kappa shape index (κ3) is 3.93. The van der Waals surface area contributed by atoms with E-state index >= 15 is 0 Å². The summed E-state index contributed by atoms with van der Waals surface area (Å²) in [5, 5.41) is 12.4. The van der Waals surface area contributed by atoms with Crippen molar-refractivity contribution in [3.8, 4) is 29.0 Å². The number of nitrogen functional groups attached to an aromatic ring is 1. The SMILES string of the molecule is CCCOc1nc(Nc2ccc(-c3cnco3)c(OC)c2)cc(N)c1C#N. The van der Waals surface area contributed by atoms with E-state index in [1.165, 1.54) is 6.39 Å². The van der Waals surface area contributed by atoms with Crippen molar-refractivity contribution in [1.82, 2.24) is 9.97 Å². The summed E-state index contributed by atoms with van der Waals surface area (Å²) in [5.74, 6) is 1.90. The summed E-state index contributed by atoms with van der Waals surface area (Å²) in [6, 6.07) is 9.13. The van der Waals surface area contributed by atoms with Gasteiger partial charge in [0.15, 0.2) is 12.2 Å². The Kier molecular flexibility index (Phi) is 5.42. The van der Waals surface area contributed by atoms with Crippen LogP contribution in [-0.4, -0.2) is 23.7 Å². The molecule has 8 heteroatoms. The lowest BCUT2D eigenvalue weighted by molar-refractivity contribution is 0.305. The molecule has 0 fully saturated rings. The molecule has 27 heavy (non-hydrogen) atoms. The first-order chi connectivity index (χ1) is 13.2. The van der Waals surface area contributed by atoms with Crippen LogP contribution in [0.15, 0.2) is 41.3 Å². The Hall–Kier alpha value is -3.73. The molecule has 0 bridgehead atoms. The quantitative estimate of drug-likeness (QED) is 0.650. The van der Waals surface area contributed by atoms with Crippen LogP contribution < -0.4 is 20.5 Å². The van der Waals surface area contributed by atoms with Gasteiger partial charge in [-0.25, -0.2) is 4.98 Å². The number of hydrogen-bond acceptors (Lipinski definition) is 8. The number of oxazole rings is 1. The van der Waals surface area contributed by atoms with Crippen LogP contribution in [0.5, 0.6) is 11.6 Å². The van der Waals surface area contributed by atoms with Gasteiger partial charge < -0.3 is 24.9 Å². The van der Waals surface area contributed by atoms with Crippen molar-refractivity contribution in [2.45, 2.75) is 13.3 Å². The maximum atomic E-state index is 9.27. The smallest absolute Gasteiger partial charge is 0.235 e. The normalized spacial score (nSPS) is 10.3. The molecule has 3 aromatic rings. The Balaban J connectivity index is 1.91. The second-order valence-corrected chi connectivity index (χ2v) is 5.64. The molecule has 0 atom stereocenters. The zero-order valence-corrected chi connectivity index (χ0v) is 15.0. The van der Waals surface area contributed by atoms with Gasteiger partial charge in [0.25, 0.3) is 0 Å². The van der Waals surface area contributed by atoms with E-state index in [0.29, 0.717) is 29.6 Å². The van der Waals surface area contributed by atoms with Crippen LogP contribution in [0.3, 0.4) is 0 Å². The molecule has 1 aromatic carbocycles. The van der Waals surface area contributed by atoms with Crippen molar-refractivity contribution >= 4 is 17.2 Å². The predicted octanol–water partition coefficient (Wildman–Crippen LogP) is 3.73. The van der Waals surface area contributed by atoms with Crippen molar-refractivity contribution in [2.24, 2.45) is 0 Å². The molecular weight excluding hydrogens is 346 g/mol. The summed E-state index contributed by atoms with van der Waals surface area (Å²) in [5.41, 5.74) is 8.01. The Labute approximate surface area is 156 Å². The molecule has 3 N–H and O–H groups in total. The molecule has 0 saturated carbocycles.